The van der Waals surface area contributed by atoms with E-state index in [4.69, 9.17) is 5.73 Å². The van der Waals surface area contributed by atoms with Crippen LogP contribution in [0.2, 0.25) is 0 Å². The SMILES string of the molecule is C=CCN(CC)S(=O)(=O)c1sc(N)nc1C. The number of anilines is 1. The molecule has 5 nitrogen and oxygen atoms in total. The van der Waals surface area contributed by atoms with E-state index in [1.807, 2.05) is 0 Å². The lowest BCUT2D eigenvalue weighted by atomic mass is 10.6. The molecule has 0 aliphatic carbocycles. The average molecular weight is 261 g/mol. The van der Waals surface area contributed by atoms with Crippen molar-refractivity contribution in [2.45, 2.75) is 18.1 Å². The molecule has 0 saturated heterocycles. The molecule has 90 valence electrons. The maximum absolute atomic E-state index is 12.2. The lowest BCUT2D eigenvalue weighted by Crippen LogP contribution is -2.30. The lowest BCUT2D eigenvalue weighted by molar-refractivity contribution is 0.461. The van der Waals surface area contributed by atoms with Gasteiger partial charge >= 0.3 is 0 Å². The molecular weight excluding hydrogens is 246 g/mol. The summed E-state index contributed by atoms with van der Waals surface area (Å²) in [7, 11) is -3.49. The Balaban J connectivity index is 3.19. The number of nitrogen functional groups attached to an aromatic ring is 1. The zero-order valence-corrected chi connectivity index (χ0v) is 10.9. The summed E-state index contributed by atoms with van der Waals surface area (Å²) in [5.74, 6) is 0. The van der Waals surface area contributed by atoms with Gasteiger partial charge < -0.3 is 5.73 Å². The van der Waals surface area contributed by atoms with E-state index in [1.165, 1.54) is 4.31 Å². The number of likely N-dealkylation sites (N-methyl/N-ethyl adjacent to an activating group) is 1. The standard InChI is InChI=1S/C9H15N3O2S2/c1-4-6-12(5-2)16(13,14)8-7(3)11-9(10)15-8/h4H,1,5-6H2,2-3H3,(H2,10,11). The Bertz CT molecular complexity index is 479. The van der Waals surface area contributed by atoms with E-state index in [-0.39, 0.29) is 15.9 Å². The number of rotatable bonds is 5. The summed E-state index contributed by atoms with van der Waals surface area (Å²) in [6, 6.07) is 0. The highest BCUT2D eigenvalue weighted by molar-refractivity contribution is 7.91. The van der Waals surface area contributed by atoms with Crippen LogP contribution in [0.3, 0.4) is 0 Å². The number of aromatic nitrogens is 1. The van der Waals surface area contributed by atoms with Crippen LogP contribution in [0.25, 0.3) is 0 Å². The third-order valence-corrected chi connectivity index (χ3v) is 5.54. The van der Waals surface area contributed by atoms with Crippen LogP contribution < -0.4 is 5.73 Å². The molecule has 0 amide bonds. The van der Waals surface area contributed by atoms with Gasteiger partial charge in [-0.3, -0.25) is 0 Å². The summed E-state index contributed by atoms with van der Waals surface area (Å²) in [4.78, 5) is 3.92. The zero-order chi connectivity index (χ0) is 12.3. The van der Waals surface area contributed by atoms with Gasteiger partial charge in [0.05, 0.1) is 5.69 Å². The molecule has 0 unspecified atom stereocenters. The summed E-state index contributed by atoms with van der Waals surface area (Å²) in [5, 5.41) is 0.269. The highest BCUT2D eigenvalue weighted by Gasteiger charge is 2.26. The number of sulfonamides is 1. The van der Waals surface area contributed by atoms with Crippen LogP contribution in [-0.4, -0.2) is 30.8 Å². The zero-order valence-electron chi connectivity index (χ0n) is 9.30. The van der Waals surface area contributed by atoms with Crippen molar-refractivity contribution in [2.24, 2.45) is 0 Å². The molecule has 7 heteroatoms. The predicted octanol–water partition coefficient (Wildman–Crippen LogP) is 1.23. The molecule has 0 aromatic carbocycles. The number of nitrogens with two attached hydrogens (primary N) is 1. The van der Waals surface area contributed by atoms with E-state index in [0.29, 0.717) is 12.2 Å². The van der Waals surface area contributed by atoms with Gasteiger partial charge in [0.15, 0.2) is 9.34 Å². The van der Waals surface area contributed by atoms with Gasteiger partial charge in [-0.15, -0.1) is 6.58 Å². The van der Waals surface area contributed by atoms with Crippen LogP contribution >= 0.6 is 11.3 Å². The fourth-order valence-electron chi connectivity index (χ4n) is 1.30. The number of hydrogen-bond donors (Lipinski definition) is 1. The van der Waals surface area contributed by atoms with Crippen LogP contribution in [-0.2, 0) is 10.0 Å². The monoisotopic (exact) mass is 261 g/mol. The predicted molar refractivity (Wildman–Crippen MR) is 65.9 cm³/mol. The molecule has 0 radical (unpaired) electrons. The van der Waals surface area contributed by atoms with Crippen molar-refractivity contribution in [2.75, 3.05) is 18.8 Å². The second kappa shape index (κ2) is 4.94. The molecular formula is C9H15N3O2S2. The molecule has 1 heterocycles. The van der Waals surface area contributed by atoms with Crippen molar-refractivity contribution in [3.05, 3.63) is 18.3 Å². The van der Waals surface area contributed by atoms with Crippen molar-refractivity contribution >= 4 is 26.5 Å². The molecule has 1 aromatic rings. The van der Waals surface area contributed by atoms with Crippen LogP contribution in [0.15, 0.2) is 16.9 Å². The molecule has 16 heavy (non-hydrogen) atoms. The van der Waals surface area contributed by atoms with Crippen molar-refractivity contribution in [1.82, 2.24) is 9.29 Å². The number of aryl methyl sites for hydroxylation is 1. The largest absolute Gasteiger partial charge is 0.375 e. The van der Waals surface area contributed by atoms with Gasteiger partial charge in [0, 0.05) is 13.1 Å². The van der Waals surface area contributed by atoms with Gasteiger partial charge in [0.1, 0.15) is 0 Å². The lowest BCUT2D eigenvalue weighted by Gasteiger charge is -2.17. The van der Waals surface area contributed by atoms with Gasteiger partial charge in [-0.1, -0.05) is 24.3 Å². The first-order chi connectivity index (χ1) is 7.43. The fourth-order valence-corrected chi connectivity index (χ4v) is 4.15. The average Bonchev–Trinajstić information content (AvgIpc) is 2.54. The first kappa shape index (κ1) is 13.1. The molecule has 1 rings (SSSR count). The fraction of sp³-hybridized carbons (Fsp3) is 0.444. The molecule has 2 N–H and O–H groups in total. The van der Waals surface area contributed by atoms with E-state index in [0.717, 1.165) is 11.3 Å². The Labute approximate surface area is 99.7 Å². The van der Waals surface area contributed by atoms with Crippen LogP contribution in [0.5, 0.6) is 0 Å². The quantitative estimate of drug-likeness (QED) is 0.809. The first-order valence-corrected chi connectivity index (χ1v) is 7.03. The van der Waals surface area contributed by atoms with E-state index in [2.05, 4.69) is 11.6 Å². The third-order valence-electron chi connectivity index (χ3n) is 2.03. The summed E-state index contributed by atoms with van der Waals surface area (Å²) in [6.45, 7) is 7.64. The molecule has 0 spiro atoms. The smallest absolute Gasteiger partial charge is 0.254 e. The van der Waals surface area contributed by atoms with E-state index in [9.17, 15) is 8.42 Å². The van der Waals surface area contributed by atoms with Gasteiger partial charge in [-0.05, 0) is 6.92 Å². The van der Waals surface area contributed by atoms with Crippen molar-refractivity contribution in [3.8, 4) is 0 Å². The number of hydrogen-bond acceptors (Lipinski definition) is 5. The minimum Gasteiger partial charge on any atom is -0.375 e. The topological polar surface area (TPSA) is 76.3 Å². The van der Waals surface area contributed by atoms with Crippen LogP contribution in [0.1, 0.15) is 12.6 Å². The van der Waals surface area contributed by atoms with Crippen molar-refractivity contribution in [3.63, 3.8) is 0 Å². The minimum atomic E-state index is -3.49. The van der Waals surface area contributed by atoms with E-state index < -0.39 is 10.0 Å². The Kier molecular flexibility index (Phi) is 4.06. The molecule has 0 saturated carbocycles. The van der Waals surface area contributed by atoms with Gasteiger partial charge in [-0.25, -0.2) is 13.4 Å². The molecule has 0 fully saturated rings. The molecule has 0 aliphatic rings. The third kappa shape index (κ3) is 2.42. The van der Waals surface area contributed by atoms with E-state index in [1.54, 1.807) is 19.9 Å². The number of nitrogens with zero attached hydrogens (tertiary/aromatic N) is 2. The van der Waals surface area contributed by atoms with Gasteiger partial charge in [0.25, 0.3) is 10.0 Å². The van der Waals surface area contributed by atoms with E-state index >= 15 is 0 Å². The molecule has 0 bridgehead atoms. The van der Waals surface area contributed by atoms with Gasteiger partial charge in [-0.2, -0.15) is 4.31 Å². The Morgan fingerprint density at radius 2 is 2.25 bits per heavy atom. The highest BCUT2D eigenvalue weighted by atomic mass is 32.2. The van der Waals surface area contributed by atoms with Crippen molar-refractivity contribution in [1.29, 1.82) is 0 Å². The molecule has 0 aliphatic heterocycles. The summed E-state index contributed by atoms with van der Waals surface area (Å²) < 4.78 is 25.9. The van der Waals surface area contributed by atoms with Gasteiger partial charge in [0.2, 0.25) is 0 Å². The molecule has 0 atom stereocenters. The minimum absolute atomic E-state index is 0.216. The maximum Gasteiger partial charge on any atom is 0.254 e. The second-order valence-corrected chi connectivity index (χ2v) is 6.33. The summed E-state index contributed by atoms with van der Waals surface area (Å²) in [6.07, 6.45) is 1.56. The summed E-state index contributed by atoms with van der Waals surface area (Å²) in [5.41, 5.74) is 5.95. The second-order valence-electron chi connectivity index (χ2n) is 3.17. The Morgan fingerprint density at radius 3 is 2.62 bits per heavy atom. The van der Waals surface area contributed by atoms with Crippen LogP contribution in [0.4, 0.5) is 5.13 Å². The van der Waals surface area contributed by atoms with Crippen molar-refractivity contribution < 1.29 is 8.42 Å². The number of thiazole rings is 1. The normalized spacial score (nSPS) is 11.9. The molecule has 1 aromatic heterocycles. The summed E-state index contributed by atoms with van der Waals surface area (Å²) >= 11 is 0.994. The first-order valence-electron chi connectivity index (χ1n) is 4.77. The Hall–Kier alpha value is -0.920. The van der Waals surface area contributed by atoms with Crippen LogP contribution in [0, 0.1) is 6.92 Å². The highest BCUT2D eigenvalue weighted by Crippen LogP contribution is 2.27. The maximum atomic E-state index is 12.2. The Morgan fingerprint density at radius 1 is 1.62 bits per heavy atom.